The summed E-state index contributed by atoms with van der Waals surface area (Å²) in [7, 11) is -13.1. The first-order valence-electron chi connectivity index (χ1n) is 14.4. The lowest BCUT2D eigenvalue weighted by Crippen LogP contribution is -2.42. The van der Waals surface area contributed by atoms with Crippen molar-refractivity contribution in [1.82, 2.24) is 8.61 Å². The van der Waals surface area contributed by atoms with Gasteiger partial charge in [-0.3, -0.25) is 5.48 Å². The molecule has 0 spiro atoms. The standard InChI is InChI=1S/C28H37N4O9PS2/c1-17-9-18(2)14-31(13-17)43(37,38)21-5-7-23-25(11-21)28(30-41-42(34,35)36)26-12-22(6-8-24(26)27(23)29-33)44(39,40)32-15-19(3)10-20(4)16-32/h5-8,11-12,17-20,30H,9-10,13-16H2,1-4H3,(H2,34,35,36)/t17-,18+,19-,20+. The smallest absolute Gasteiger partial charge is 0.301 e. The van der Waals surface area contributed by atoms with Crippen molar-refractivity contribution in [3.05, 3.63) is 41.3 Å². The van der Waals surface area contributed by atoms with E-state index in [9.17, 15) is 36.1 Å². The fourth-order valence-corrected chi connectivity index (χ4v) is 10.3. The minimum atomic E-state index is -5.12. The summed E-state index contributed by atoms with van der Waals surface area (Å²) in [5, 5.41) is 3.65. The van der Waals surface area contributed by atoms with Gasteiger partial charge < -0.3 is 9.79 Å². The highest BCUT2D eigenvalue weighted by Crippen LogP contribution is 2.45. The summed E-state index contributed by atoms with van der Waals surface area (Å²) in [6.45, 7) is 9.21. The molecular weight excluding hydrogens is 631 g/mol. The van der Waals surface area contributed by atoms with Gasteiger partial charge in [0.05, 0.1) is 15.5 Å². The summed E-state index contributed by atoms with van der Waals surface area (Å²) in [6.07, 6.45) is 1.77. The van der Waals surface area contributed by atoms with Crippen molar-refractivity contribution in [1.29, 1.82) is 0 Å². The molecule has 2 saturated heterocycles. The topological polar surface area (TPSA) is 183 Å². The van der Waals surface area contributed by atoms with Crippen molar-refractivity contribution in [2.24, 2.45) is 28.8 Å². The number of fused-ring (bicyclic) bond motifs is 2. The van der Waals surface area contributed by atoms with Crippen LogP contribution in [0.3, 0.4) is 0 Å². The van der Waals surface area contributed by atoms with E-state index in [1.807, 2.05) is 27.7 Å². The van der Waals surface area contributed by atoms with Crippen LogP contribution in [0.4, 0.5) is 11.4 Å². The third-order valence-electron chi connectivity index (χ3n) is 8.34. The van der Waals surface area contributed by atoms with Gasteiger partial charge in [0.15, 0.2) is 0 Å². The first-order chi connectivity index (χ1) is 20.5. The largest absolute Gasteiger partial charge is 0.491 e. The van der Waals surface area contributed by atoms with Gasteiger partial charge in [-0.1, -0.05) is 39.8 Å². The number of nitrogens with one attached hydrogen (secondary N) is 1. The fraction of sp³-hybridized carbons (Fsp3) is 0.500. The number of sulfonamides is 2. The minimum Gasteiger partial charge on any atom is -0.301 e. The Hall–Kier alpha value is -2.49. The quantitative estimate of drug-likeness (QED) is 0.125. The average Bonchev–Trinajstić information content (AvgIpc) is 2.93. The molecular formula is C28H37N4O9PS2. The van der Waals surface area contributed by atoms with Gasteiger partial charge in [0, 0.05) is 47.7 Å². The summed E-state index contributed by atoms with van der Waals surface area (Å²) < 4.78 is 74.2. The number of anilines is 1. The monoisotopic (exact) mass is 668 g/mol. The van der Waals surface area contributed by atoms with E-state index in [1.165, 1.54) is 45.0 Å². The first kappa shape index (κ1) is 32.9. The Morgan fingerprint density at radius 2 is 1.14 bits per heavy atom. The predicted molar refractivity (Wildman–Crippen MR) is 167 cm³/mol. The second-order valence-corrected chi connectivity index (χ2v) is 17.5. The SMILES string of the molecule is C[C@@H]1C[C@H](C)CN(S(=O)(=O)c2ccc3c(N=O)c4ccc(S(=O)(=O)N5C[C@H](C)C[C@H](C)C5)cc4c(NOP(=O)(O)O)c3c2)C1. The molecule has 240 valence electrons. The van der Waals surface area contributed by atoms with Crippen molar-refractivity contribution < 1.29 is 35.8 Å². The van der Waals surface area contributed by atoms with Crippen LogP contribution in [0.15, 0.2) is 51.4 Å². The number of benzene rings is 3. The highest BCUT2D eigenvalue weighted by Gasteiger charge is 2.34. The fourth-order valence-electron chi connectivity index (χ4n) is 6.70. The maximum atomic E-state index is 13.8. The zero-order chi connectivity index (χ0) is 32.2. The molecule has 0 saturated carbocycles. The van der Waals surface area contributed by atoms with E-state index < -0.39 is 27.9 Å². The second-order valence-electron chi connectivity index (χ2n) is 12.4. The van der Waals surface area contributed by atoms with E-state index in [4.69, 9.17) is 0 Å². The van der Waals surface area contributed by atoms with Gasteiger partial charge in [-0.2, -0.15) is 13.2 Å². The van der Waals surface area contributed by atoms with Crippen molar-refractivity contribution >= 4 is 60.8 Å². The average molecular weight is 669 g/mol. The summed E-state index contributed by atoms with van der Waals surface area (Å²) in [5.41, 5.74) is 2.03. The molecule has 2 fully saturated rings. The summed E-state index contributed by atoms with van der Waals surface area (Å²) in [4.78, 5) is 30.9. The molecule has 5 rings (SSSR count). The minimum absolute atomic E-state index is 0.0505. The number of nitroso groups, excluding NO2 is 1. The summed E-state index contributed by atoms with van der Waals surface area (Å²) in [5.74, 6) is 0.570. The van der Waals surface area contributed by atoms with Crippen molar-refractivity contribution in [2.45, 2.75) is 50.3 Å². The molecule has 0 bridgehead atoms. The Morgan fingerprint density at radius 3 is 1.48 bits per heavy atom. The van der Waals surface area contributed by atoms with Gasteiger partial charge >= 0.3 is 7.82 Å². The molecule has 2 aliphatic rings. The lowest BCUT2D eigenvalue weighted by atomic mass is 9.94. The number of hydrogen-bond acceptors (Lipinski definition) is 9. The zero-order valence-corrected chi connectivity index (χ0v) is 27.4. The lowest BCUT2D eigenvalue weighted by molar-refractivity contribution is 0.222. The number of nitrogens with zero attached hydrogens (tertiary/aromatic N) is 3. The van der Waals surface area contributed by atoms with Crippen LogP contribution in [-0.4, -0.2) is 61.4 Å². The normalized spacial score (nSPS) is 24.5. The van der Waals surface area contributed by atoms with Gasteiger partial charge in [-0.15, -0.1) is 4.91 Å². The van der Waals surface area contributed by atoms with E-state index in [0.717, 1.165) is 12.8 Å². The van der Waals surface area contributed by atoms with Crippen LogP contribution in [0.2, 0.25) is 0 Å². The molecule has 0 amide bonds. The maximum absolute atomic E-state index is 13.8. The zero-order valence-electron chi connectivity index (χ0n) is 24.9. The first-order valence-corrected chi connectivity index (χ1v) is 18.8. The predicted octanol–water partition coefficient (Wildman–Crippen LogP) is 5.16. The lowest BCUT2D eigenvalue weighted by Gasteiger charge is -2.34. The molecule has 16 heteroatoms. The Kier molecular flexibility index (Phi) is 8.99. The van der Waals surface area contributed by atoms with Gasteiger partial charge in [-0.25, -0.2) is 21.4 Å². The molecule has 0 unspecified atom stereocenters. The second kappa shape index (κ2) is 12.0. The Morgan fingerprint density at radius 1 is 0.750 bits per heavy atom. The van der Waals surface area contributed by atoms with Crippen molar-refractivity contribution in [2.75, 3.05) is 31.7 Å². The van der Waals surface area contributed by atoms with Gasteiger partial charge in [0.2, 0.25) is 20.0 Å². The van der Waals surface area contributed by atoms with Crippen LogP contribution in [0, 0.1) is 28.6 Å². The number of phosphoric acid groups is 1. The molecule has 0 aliphatic carbocycles. The Bertz CT molecular complexity index is 1740. The Balaban J connectivity index is 1.73. The molecule has 13 nitrogen and oxygen atoms in total. The van der Waals surface area contributed by atoms with Crippen LogP contribution in [0.5, 0.6) is 0 Å². The van der Waals surface area contributed by atoms with Gasteiger partial charge in [0.25, 0.3) is 0 Å². The number of piperidine rings is 2. The third kappa shape index (κ3) is 6.42. The van der Waals surface area contributed by atoms with Crippen LogP contribution in [0.25, 0.3) is 21.5 Å². The molecule has 0 radical (unpaired) electrons. The van der Waals surface area contributed by atoms with E-state index >= 15 is 0 Å². The van der Waals surface area contributed by atoms with Crippen LogP contribution in [-0.2, 0) is 29.2 Å². The van der Waals surface area contributed by atoms with E-state index in [-0.39, 0.29) is 66.4 Å². The highest BCUT2D eigenvalue weighted by atomic mass is 32.2. The van der Waals surface area contributed by atoms with Gasteiger partial charge in [0.1, 0.15) is 5.69 Å². The highest BCUT2D eigenvalue weighted by molar-refractivity contribution is 7.89. The molecule has 4 atom stereocenters. The molecule has 44 heavy (non-hydrogen) atoms. The summed E-state index contributed by atoms with van der Waals surface area (Å²) >= 11 is 0. The van der Waals surface area contributed by atoms with Crippen LogP contribution in [0.1, 0.15) is 40.5 Å². The summed E-state index contributed by atoms with van der Waals surface area (Å²) in [6, 6.07) is 8.07. The van der Waals surface area contributed by atoms with E-state index in [2.05, 4.69) is 15.3 Å². The molecule has 0 aromatic heterocycles. The molecule has 3 aromatic rings. The maximum Gasteiger partial charge on any atom is 0.491 e. The van der Waals surface area contributed by atoms with E-state index in [0.29, 0.717) is 26.2 Å². The Labute approximate surface area is 256 Å². The van der Waals surface area contributed by atoms with Crippen molar-refractivity contribution in [3.63, 3.8) is 0 Å². The van der Waals surface area contributed by atoms with E-state index in [1.54, 1.807) is 0 Å². The molecule has 2 aliphatic heterocycles. The number of hydrogen-bond donors (Lipinski definition) is 3. The van der Waals surface area contributed by atoms with Crippen LogP contribution >= 0.6 is 7.82 Å². The number of rotatable bonds is 8. The van der Waals surface area contributed by atoms with Crippen LogP contribution < -0.4 is 5.48 Å². The molecule has 3 aromatic carbocycles. The molecule has 2 heterocycles. The van der Waals surface area contributed by atoms with Crippen molar-refractivity contribution in [3.8, 4) is 0 Å². The van der Waals surface area contributed by atoms with Gasteiger partial charge in [-0.05, 0) is 66.0 Å². The molecule has 3 N–H and O–H groups in total. The third-order valence-corrected chi connectivity index (χ3v) is 12.3.